The van der Waals surface area contributed by atoms with E-state index in [0.29, 0.717) is 6.42 Å². The molecule has 6 nitrogen and oxygen atoms in total. The van der Waals surface area contributed by atoms with Crippen molar-refractivity contribution in [3.63, 3.8) is 0 Å². The Balaban J connectivity index is 2.25. The van der Waals surface area contributed by atoms with Crippen LogP contribution >= 0.6 is 0 Å². The molecule has 0 aromatic heterocycles. The van der Waals surface area contributed by atoms with E-state index in [9.17, 15) is 9.59 Å². The summed E-state index contributed by atoms with van der Waals surface area (Å²) in [6.45, 7) is 3.93. The Labute approximate surface area is 153 Å². The van der Waals surface area contributed by atoms with Crippen LogP contribution < -0.4 is 16.1 Å². The van der Waals surface area contributed by atoms with Crippen molar-refractivity contribution in [3.05, 3.63) is 71.8 Å². The van der Waals surface area contributed by atoms with Gasteiger partial charge in [-0.1, -0.05) is 74.5 Å². The number of nitrogens with one attached hydrogen (secondary N) is 3. The van der Waals surface area contributed by atoms with Crippen LogP contribution in [0.1, 0.15) is 37.4 Å². The van der Waals surface area contributed by atoms with E-state index in [1.54, 1.807) is 0 Å². The predicted octanol–water partition coefficient (Wildman–Crippen LogP) is 3.00. The highest BCUT2D eigenvalue weighted by Crippen LogP contribution is 2.22. The van der Waals surface area contributed by atoms with E-state index in [4.69, 9.17) is 5.21 Å². The number of urea groups is 1. The van der Waals surface area contributed by atoms with Crippen LogP contribution in [-0.4, -0.2) is 23.2 Å². The number of rotatable bonds is 7. The van der Waals surface area contributed by atoms with Gasteiger partial charge in [0.25, 0.3) is 0 Å². The molecule has 0 fully saturated rings. The minimum Gasteiger partial charge on any atom is -0.343 e. The van der Waals surface area contributed by atoms with Crippen LogP contribution in [0.3, 0.4) is 0 Å². The lowest BCUT2D eigenvalue weighted by atomic mass is 9.97. The molecule has 0 aliphatic carbocycles. The van der Waals surface area contributed by atoms with Crippen LogP contribution in [0, 0.1) is 5.92 Å². The maximum atomic E-state index is 12.9. The van der Waals surface area contributed by atoms with Crippen LogP contribution in [0.4, 0.5) is 4.79 Å². The summed E-state index contributed by atoms with van der Waals surface area (Å²) in [5.41, 5.74) is 3.40. The van der Waals surface area contributed by atoms with Gasteiger partial charge in [-0.25, -0.2) is 10.3 Å². The number of hydrogen-bond acceptors (Lipinski definition) is 3. The van der Waals surface area contributed by atoms with Crippen LogP contribution in [0.25, 0.3) is 0 Å². The third kappa shape index (κ3) is 5.60. The zero-order valence-corrected chi connectivity index (χ0v) is 15.0. The van der Waals surface area contributed by atoms with Gasteiger partial charge in [0.15, 0.2) is 0 Å². The number of carbonyl (C=O) groups excluding carboxylic acids is 2. The molecule has 26 heavy (non-hydrogen) atoms. The van der Waals surface area contributed by atoms with Crippen LogP contribution in [0.15, 0.2) is 60.7 Å². The molecule has 0 saturated heterocycles. The van der Waals surface area contributed by atoms with Crippen LogP contribution in [0.5, 0.6) is 0 Å². The van der Waals surface area contributed by atoms with Gasteiger partial charge >= 0.3 is 6.03 Å². The fraction of sp³-hybridized carbons (Fsp3) is 0.300. The first-order chi connectivity index (χ1) is 12.5. The minimum absolute atomic E-state index is 0.191. The minimum atomic E-state index is -0.804. The van der Waals surface area contributed by atoms with Gasteiger partial charge in [-0.15, -0.1) is 0 Å². The largest absolute Gasteiger partial charge is 0.343 e. The van der Waals surface area contributed by atoms with Gasteiger partial charge in [0, 0.05) is 0 Å². The standard InChI is InChI=1S/C20H25N3O3/c1-14(2)13-17(21-20(25)23-26)19(24)22-18(15-9-5-3-6-10-15)16-11-7-4-8-12-16/h3-12,14,17-18,26H,13H2,1-2H3,(H,22,24)(H2,21,23,25)/t17-/m0/s1. The molecule has 0 radical (unpaired) electrons. The van der Waals surface area contributed by atoms with E-state index in [-0.39, 0.29) is 17.9 Å². The molecule has 0 saturated carbocycles. The van der Waals surface area contributed by atoms with Crippen molar-refractivity contribution in [2.75, 3.05) is 0 Å². The second kappa shape index (κ2) is 9.58. The van der Waals surface area contributed by atoms with Gasteiger partial charge in [0.05, 0.1) is 6.04 Å². The first kappa shape index (κ1) is 19.5. The van der Waals surface area contributed by atoms with E-state index in [2.05, 4.69) is 10.6 Å². The lowest BCUT2D eigenvalue weighted by molar-refractivity contribution is -0.123. The summed E-state index contributed by atoms with van der Waals surface area (Å²) in [5.74, 6) is -0.114. The molecule has 0 spiro atoms. The first-order valence-corrected chi connectivity index (χ1v) is 8.62. The Kier molecular flexibility index (Phi) is 7.17. The molecule has 0 unspecified atom stereocenters. The van der Waals surface area contributed by atoms with Gasteiger partial charge in [-0.3, -0.25) is 10.0 Å². The predicted molar refractivity (Wildman–Crippen MR) is 99.6 cm³/mol. The highest BCUT2D eigenvalue weighted by Gasteiger charge is 2.25. The van der Waals surface area contributed by atoms with Gasteiger partial charge < -0.3 is 10.6 Å². The van der Waals surface area contributed by atoms with Crippen molar-refractivity contribution in [1.29, 1.82) is 0 Å². The van der Waals surface area contributed by atoms with Gasteiger partial charge in [0.2, 0.25) is 5.91 Å². The van der Waals surface area contributed by atoms with E-state index in [1.165, 1.54) is 5.48 Å². The maximum Gasteiger partial charge on any atom is 0.339 e. The van der Waals surface area contributed by atoms with Crippen molar-refractivity contribution in [2.24, 2.45) is 5.92 Å². The topological polar surface area (TPSA) is 90.5 Å². The van der Waals surface area contributed by atoms with E-state index in [1.807, 2.05) is 74.5 Å². The lowest BCUT2D eigenvalue weighted by Crippen LogP contribution is -2.50. The molecule has 1 atom stereocenters. The number of hydroxylamine groups is 1. The average molecular weight is 355 g/mol. The molecule has 138 valence electrons. The fourth-order valence-corrected chi connectivity index (χ4v) is 2.79. The summed E-state index contributed by atoms with van der Waals surface area (Å²) in [6.07, 6.45) is 0.454. The summed E-state index contributed by atoms with van der Waals surface area (Å²) in [4.78, 5) is 24.3. The lowest BCUT2D eigenvalue weighted by Gasteiger charge is -2.25. The number of amides is 3. The highest BCUT2D eigenvalue weighted by molar-refractivity contribution is 5.87. The SMILES string of the molecule is CC(C)C[C@H](NC(=O)NO)C(=O)NC(c1ccccc1)c1ccccc1. The second-order valence-corrected chi connectivity index (χ2v) is 6.53. The van der Waals surface area contributed by atoms with E-state index in [0.717, 1.165) is 11.1 Å². The maximum absolute atomic E-state index is 12.9. The molecule has 2 aromatic rings. The first-order valence-electron chi connectivity index (χ1n) is 8.62. The van der Waals surface area contributed by atoms with Crippen molar-refractivity contribution in [1.82, 2.24) is 16.1 Å². The van der Waals surface area contributed by atoms with E-state index >= 15 is 0 Å². The van der Waals surface area contributed by atoms with Gasteiger partial charge in [-0.05, 0) is 23.5 Å². The fourth-order valence-electron chi connectivity index (χ4n) is 2.79. The van der Waals surface area contributed by atoms with E-state index < -0.39 is 12.1 Å². The summed E-state index contributed by atoms with van der Waals surface area (Å²) >= 11 is 0. The molecule has 4 N–H and O–H groups in total. The van der Waals surface area contributed by atoms with Gasteiger partial charge in [-0.2, -0.15) is 0 Å². The summed E-state index contributed by atoms with van der Waals surface area (Å²) in [7, 11) is 0. The summed E-state index contributed by atoms with van der Waals surface area (Å²) < 4.78 is 0. The Bertz CT molecular complexity index is 665. The molecular weight excluding hydrogens is 330 g/mol. The number of carbonyl (C=O) groups is 2. The molecule has 0 aliphatic heterocycles. The zero-order chi connectivity index (χ0) is 18.9. The number of benzene rings is 2. The normalized spacial score (nSPS) is 11.9. The van der Waals surface area contributed by atoms with Gasteiger partial charge in [0.1, 0.15) is 6.04 Å². The summed E-state index contributed by atoms with van der Waals surface area (Å²) in [6, 6.07) is 17.4. The van der Waals surface area contributed by atoms with Crippen molar-refractivity contribution < 1.29 is 14.8 Å². The Morgan fingerprint density at radius 3 is 1.81 bits per heavy atom. The summed E-state index contributed by atoms with van der Waals surface area (Å²) in [5, 5.41) is 14.3. The average Bonchev–Trinajstić information content (AvgIpc) is 2.66. The molecule has 0 aliphatic rings. The van der Waals surface area contributed by atoms with Crippen molar-refractivity contribution >= 4 is 11.9 Å². The Morgan fingerprint density at radius 2 is 1.38 bits per heavy atom. The number of hydrogen-bond donors (Lipinski definition) is 4. The third-order valence-corrected chi connectivity index (χ3v) is 3.98. The van der Waals surface area contributed by atoms with Crippen LogP contribution in [-0.2, 0) is 4.79 Å². The molecule has 0 heterocycles. The van der Waals surface area contributed by atoms with Crippen molar-refractivity contribution in [2.45, 2.75) is 32.4 Å². The van der Waals surface area contributed by atoms with Crippen molar-refractivity contribution in [3.8, 4) is 0 Å². The second-order valence-electron chi connectivity index (χ2n) is 6.53. The Hall–Kier alpha value is -2.86. The third-order valence-electron chi connectivity index (χ3n) is 3.98. The smallest absolute Gasteiger partial charge is 0.339 e. The van der Waals surface area contributed by atoms with Crippen LogP contribution in [0.2, 0.25) is 0 Å². The molecule has 2 aromatic carbocycles. The zero-order valence-electron chi connectivity index (χ0n) is 15.0. The molecule has 3 amide bonds. The molecule has 0 bridgehead atoms. The monoisotopic (exact) mass is 355 g/mol. The highest BCUT2D eigenvalue weighted by atomic mass is 16.5. The quantitative estimate of drug-likeness (QED) is 0.455. The Morgan fingerprint density at radius 1 is 0.885 bits per heavy atom. The molecule has 2 rings (SSSR count). The molecular formula is C20H25N3O3. The molecule has 6 heteroatoms.